The third kappa shape index (κ3) is 4.65. The van der Waals surface area contributed by atoms with E-state index in [4.69, 9.17) is 9.84 Å². The largest absolute Gasteiger partial charge is 0.481 e. The third-order valence-corrected chi connectivity index (χ3v) is 2.69. The minimum atomic E-state index is -1.01. The number of aryl methyl sites for hydroxylation is 1. The van der Waals surface area contributed by atoms with Gasteiger partial charge in [-0.1, -0.05) is 24.3 Å². The molecule has 0 spiro atoms. The number of para-hydroxylation sites is 1. The molecule has 0 saturated carbocycles. The second-order valence-corrected chi connectivity index (χ2v) is 4.46. The molecule has 2 aromatic carbocycles. The number of rotatable bonds is 6. The van der Waals surface area contributed by atoms with Gasteiger partial charge in [-0.15, -0.1) is 0 Å². The van der Waals surface area contributed by atoms with Crippen molar-refractivity contribution in [1.82, 2.24) is 0 Å². The Kier molecular flexibility index (Phi) is 4.93. The summed E-state index contributed by atoms with van der Waals surface area (Å²) in [6, 6.07) is 15.0. The smallest absolute Gasteiger partial charge is 0.341 e. The van der Waals surface area contributed by atoms with Crippen molar-refractivity contribution >= 4 is 17.9 Å². The van der Waals surface area contributed by atoms with Crippen LogP contribution >= 0.6 is 0 Å². The fourth-order valence-corrected chi connectivity index (χ4v) is 1.75. The van der Waals surface area contributed by atoms with Crippen LogP contribution in [0, 0.1) is 6.92 Å². The minimum absolute atomic E-state index is 0.379. The van der Waals surface area contributed by atoms with E-state index in [1.165, 1.54) is 0 Å². The molecule has 21 heavy (non-hydrogen) atoms. The molecular formula is C16H16N2O3. The number of hydrazone groups is 1. The quantitative estimate of drug-likeness (QED) is 0.632. The predicted molar refractivity (Wildman–Crippen MR) is 82.0 cm³/mol. The molecule has 0 radical (unpaired) electrons. The van der Waals surface area contributed by atoms with Crippen molar-refractivity contribution in [2.45, 2.75) is 6.92 Å². The van der Waals surface area contributed by atoms with E-state index in [-0.39, 0.29) is 6.61 Å². The van der Waals surface area contributed by atoms with Gasteiger partial charge in [0.05, 0.1) is 11.9 Å². The lowest BCUT2D eigenvalue weighted by Crippen LogP contribution is -2.10. The maximum Gasteiger partial charge on any atom is 0.341 e. The first-order valence-corrected chi connectivity index (χ1v) is 6.44. The molecular weight excluding hydrogens is 268 g/mol. The number of benzene rings is 2. The average molecular weight is 284 g/mol. The molecule has 0 fully saturated rings. The van der Waals surface area contributed by atoms with E-state index >= 15 is 0 Å². The first-order valence-electron chi connectivity index (χ1n) is 6.44. The number of ether oxygens (including phenoxy) is 1. The molecule has 0 bridgehead atoms. The van der Waals surface area contributed by atoms with Gasteiger partial charge in [-0.05, 0) is 36.8 Å². The summed E-state index contributed by atoms with van der Waals surface area (Å²) in [7, 11) is 0. The standard InChI is InChI=1S/C16H16N2O3/c1-12-5-4-7-14(9-12)18-17-10-13-6-2-3-8-15(13)21-11-16(19)20/h2-10,18H,11H2,1H3,(H,19,20)/b17-10+. The van der Waals surface area contributed by atoms with Crippen LogP contribution in [0.2, 0.25) is 0 Å². The number of nitrogens with one attached hydrogen (secondary N) is 1. The Morgan fingerprint density at radius 3 is 2.86 bits per heavy atom. The predicted octanol–water partition coefficient (Wildman–Crippen LogP) is 2.90. The first-order chi connectivity index (χ1) is 10.1. The van der Waals surface area contributed by atoms with Crippen LogP contribution in [-0.4, -0.2) is 23.9 Å². The fourth-order valence-electron chi connectivity index (χ4n) is 1.75. The fraction of sp³-hybridized carbons (Fsp3) is 0.125. The molecule has 108 valence electrons. The van der Waals surface area contributed by atoms with Crippen LogP contribution in [0.3, 0.4) is 0 Å². The number of carboxylic acids is 1. The highest BCUT2D eigenvalue weighted by Crippen LogP contribution is 2.16. The molecule has 0 amide bonds. The van der Waals surface area contributed by atoms with Gasteiger partial charge >= 0.3 is 5.97 Å². The maximum absolute atomic E-state index is 10.5. The molecule has 2 aromatic rings. The molecule has 5 heteroatoms. The Hall–Kier alpha value is -2.82. The van der Waals surface area contributed by atoms with E-state index < -0.39 is 5.97 Å². The second-order valence-electron chi connectivity index (χ2n) is 4.46. The van der Waals surface area contributed by atoms with Crippen LogP contribution in [0.25, 0.3) is 0 Å². The third-order valence-electron chi connectivity index (χ3n) is 2.69. The zero-order valence-electron chi connectivity index (χ0n) is 11.6. The summed E-state index contributed by atoms with van der Waals surface area (Å²) in [4.78, 5) is 10.5. The van der Waals surface area contributed by atoms with Gasteiger partial charge in [-0.25, -0.2) is 4.79 Å². The lowest BCUT2D eigenvalue weighted by molar-refractivity contribution is -0.139. The number of nitrogens with zero attached hydrogens (tertiary/aromatic N) is 1. The molecule has 2 rings (SSSR count). The first kappa shape index (κ1) is 14.6. The molecule has 0 unspecified atom stereocenters. The van der Waals surface area contributed by atoms with Crippen molar-refractivity contribution in [2.24, 2.45) is 5.10 Å². The zero-order valence-corrected chi connectivity index (χ0v) is 11.6. The van der Waals surface area contributed by atoms with Gasteiger partial charge in [-0.2, -0.15) is 5.10 Å². The number of carbonyl (C=O) groups is 1. The molecule has 2 N–H and O–H groups in total. The van der Waals surface area contributed by atoms with E-state index in [9.17, 15) is 4.79 Å². The highest BCUT2D eigenvalue weighted by molar-refractivity contribution is 5.84. The Morgan fingerprint density at radius 2 is 2.10 bits per heavy atom. The van der Waals surface area contributed by atoms with Gasteiger partial charge in [0.25, 0.3) is 0 Å². The van der Waals surface area contributed by atoms with Crippen molar-refractivity contribution in [1.29, 1.82) is 0 Å². The Morgan fingerprint density at radius 1 is 1.29 bits per heavy atom. The highest BCUT2D eigenvalue weighted by Gasteiger charge is 2.03. The van der Waals surface area contributed by atoms with E-state index in [1.54, 1.807) is 24.4 Å². The number of hydrogen-bond donors (Lipinski definition) is 2. The van der Waals surface area contributed by atoms with Crippen LogP contribution < -0.4 is 10.2 Å². The molecule has 0 aliphatic heterocycles. The van der Waals surface area contributed by atoms with Gasteiger partial charge in [-0.3, -0.25) is 5.43 Å². The van der Waals surface area contributed by atoms with E-state index in [2.05, 4.69) is 10.5 Å². The van der Waals surface area contributed by atoms with Crippen molar-refractivity contribution in [2.75, 3.05) is 12.0 Å². The SMILES string of the molecule is Cc1cccc(N/N=C/c2ccccc2OCC(=O)O)c1. The summed E-state index contributed by atoms with van der Waals surface area (Å²) in [5, 5.41) is 12.8. The molecule has 0 aliphatic rings. The number of carboxylic acid groups (broad SMARTS) is 1. The van der Waals surface area contributed by atoms with Gasteiger partial charge in [0.2, 0.25) is 0 Å². The molecule has 0 aromatic heterocycles. The number of hydrogen-bond acceptors (Lipinski definition) is 4. The lowest BCUT2D eigenvalue weighted by Gasteiger charge is -2.06. The summed E-state index contributed by atoms with van der Waals surface area (Å²) in [5.41, 5.74) is 5.65. The Labute approximate surface area is 122 Å². The topological polar surface area (TPSA) is 70.9 Å². The van der Waals surface area contributed by atoms with Crippen LogP contribution in [0.15, 0.2) is 53.6 Å². The summed E-state index contributed by atoms with van der Waals surface area (Å²) >= 11 is 0. The van der Waals surface area contributed by atoms with Crippen molar-refractivity contribution in [3.63, 3.8) is 0 Å². The summed E-state index contributed by atoms with van der Waals surface area (Å²) in [5.74, 6) is -0.533. The molecule has 5 nitrogen and oxygen atoms in total. The van der Waals surface area contributed by atoms with Crippen LogP contribution in [0.4, 0.5) is 5.69 Å². The highest BCUT2D eigenvalue weighted by atomic mass is 16.5. The van der Waals surface area contributed by atoms with Crippen molar-refractivity contribution in [3.8, 4) is 5.75 Å². The maximum atomic E-state index is 10.5. The minimum Gasteiger partial charge on any atom is -0.481 e. The van der Waals surface area contributed by atoms with Crippen LogP contribution in [0.1, 0.15) is 11.1 Å². The van der Waals surface area contributed by atoms with Gasteiger partial charge < -0.3 is 9.84 Å². The summed E-state index contributed by atoms with van der Waals surface area (Å²) < 4.78 is 5.20. The summed E-state index contributed by atoms with van der Waals surface area (Å²) in [6.45, 7) is 1.63. The molecule has 0 saturated heterocycles. The van der Waals surface area contributed by atoms with Crippen molar-refractivity contribution in [3.05, 3.63) is 59.7 Å². The van der Waals surface area contributed by atoms with E-state index in [0.717, 1.165) is 11.3 Å². The van der Waals surface area contributed by atoms with Crippen LogP contribution in [-0.2, 0) is 4.79 Å². The average Bonchev–Trinajstić information content (AvgIpc) is 2.46. The zero-order chi connectivity index (χ0) is 15.1. The molecule has 0 heterocycles. The molecule has 0 aliphatic carbocycles. The number of aliphatic carboxylic acids is 1. The van der Waals surface area contributed by atoms with E-state index in [1.807, 2.05) is 37.3 Å². The van der Waals surface area contributed by atoms with Gasteiger partial charge in [0.1, 0.15) is 5.75 Å². The van der Waals surface area contributed by atoms with Crippen LogP contribution in [0.5, 0.6) is 5.75 Å². The van der Waals surface area contributed by atoms with Gasteiger partial charge in [0, 0.05) is 5.56 Å². The Balaban J connectivity index is 2.05. The monoisotopic (exact) mass is 284 g/mol. The van der Waals surface area contributed by atoms with Gasteiger partial charge in [0.15, 0.2) is 6.61 Å². The lowest BCUT2D eigenvalue weighted by atomic mass is 10.2. The van der Waals surface area contributed by atoms with Crippen molar-refractivity contribution < 1.29 is 14.6 Å². The normalized spacial score (nSPS) is 10.5. The second kappa shape index (κ2) is 7.09. The molecule has 0 atom stereocenters. The number of anilines is 1. The summed E-state index contributed by atoms with van der Waals surface area (Å²) in [6.07, 6.45) is 1.60. The van der Waals surface area contributed by atoms with E-state index in [0.29, 0.717) is 11.3 Å². The Bertz CT molecular complexity index is 653.